The molecule has 5 heteroatoms. The molecule has 1 N–H and O–H groups in total. The SMILES string of the molecule is CNCc1ccn(Cc2ccc(Br)cc2Cl)n1. The minimum absolute atomic E-state index is 0.690. The lowest BCUT2D eigenvalue weighted by molar-refractivity contribution is 0.659. The second-order valence-electron chi connectivity index (χ2n) is 3.77. The monoisotopic (exact) mass is 313 g/mol. The number of hydrogen-bond acceptors (Lipinski definition) is 2. The van der Waals surface area contributed by atoms with Crippen molar-refractivity contribution < 1.29 is 0 Å². The summed E-state index contributed by atoms with van der Waals surface area (Å²) in [4.78, 5) is 0. The Hall–Kier alpha value is -0.840. The second-order valence-corrected chi connectivity index (χ2v) is 5.09. The van der Waals surface area contributed by atoms with Crippen LogP contribution in [-0.4, -0.2) is 16.8 Å². The number of rotatable bonds is 4. The predicted molar refractivity (Wildman–Crippen MR) is 73.2 cm³/mol. The molecule has 0 aliphatic carbocycles. The van der Waals surface area contributed by atoms with Crippen LogP contribution in [0.1, 0.15) is 11.3 Å². The molecule has 1 aromatic heterocycles. The van der Waals surface area contributed by atoms with Crippen LogP contribution < -0.4 is 5.32 Å². The van der Waals surface area contributed by atoms with E-state index in [1.54, 1.807) is 0 Å². The molecule has 0 saturated heterocycles. The van der Waals surface area contributed by atoms with Gasteiger partial charge in [0.05, 0.1) is 12.2 Å². The third-order valence-corrected chi connectivity index (χ3v) is 3.25. The molecule has 3 nitrogen and oxygen atoms in total. The van der Waals surface area contributed by atoms with E-state index in [0.717, 1.165) is 27.3 Å². The van der Waals surface area contributed by atoms with Gasteiger partial charge in [0.1, 0.15) is 0 Å². The third kappa shape index (κ3) is 3.31. The maximum absolute atomic E-state index is 6.16. The second kappa shape index (κ2) is 5.67. The standard InChI is InChI=1S/C12H13BrClN3/c1-15-7-11-4-5-17(16-11)8-9-2-3-10(13)6-12(9)14/h2-6,15H,7-8H2,1H3. The summed E-state index contributed by atoms with van der Waals surface area (Å²) < 4.78 is 2.88. The Labute approximate surface area is 114 Å². The highest BCUT2D eigenvalue weighted by molar-refractivity contribution is 9.10. The Morgan fingerprint density at radius 1 is 1.41 bits per heavy atom. The van der Waals surface area contributed by atoms with Crippen molar-refractivity contribution in [3.8, 4) is 0 Å². The van der Waals surface area contributed by atoms with Crippen LogP contribution in [0.2, 0.25) is 5.02 Å². The molecule has 0 fully saturated rings. The molecule has 0 atom stereocenters. The van der Waals surface area contributed by atoms with Crippen LogP contribution in [0, 0.1) is 0 Å². The van der Waals surface area contributed by atoms with Gasteiger partial charge in [-0.2, -0.15) is 5.10 Å². The van der Waals surface area contributed by atoms with Crippen LogP contribution in [0.3, 0.4) is 0 Å². The van der Waals surface area contributed by atoms with Crippen molar-refractivity contribution in [3.05, 3.63) is 51.2 Å². The van der Waals surface area contributed by atoms with E-state index in [9.17, 15) is 0 Å². The lowest BCUT2D eigenvalue weighted by atomic mass is 10.2. The molecule has 2 aromatic rings. The van der Waals surface area contributed by atoms with Gasteiger partial charge in [0, 0.05) is 22.2 Å². The van der Waals surface area contributed by atoms with Gasteiger partial charge in [0.15, 0.2) is 0 Å². The first-order chi connectivity index (χ1) is 8.19. The molecule has 1 aromatic carbocycles. The molecule has 0 radical (unpaired) electrons. The molecular formula is C12H13BrClN3. The highest BCUT2D eigenvalue weighted by Crippen LogP contribution is 2.21. The van der Waals surface area contributed by atoms with Crippen LogP contribution in [0.25, 0.3) is 0 Å². The summed E-state index contributed by atoms with van der Waals surface area (Å²) in [6, 6.07) is 7.89. The quantitative estimate of drug-likeness (QED) is 0.940. The molecule has 1 heterocycles. The Bertz CT molecular complexity index is 510. The number of benzene rings is 1. The summed E-state index contributed by atoms with van der Waals surface area (Å²) in [5.41, 5.74) is 2.09. The van der Waals surface area contributed by atoms with Crippen LogP contribution >= 0.6 is 27.5 Å². The van der Waals surface area contributed by atoms with Gasteiger partial charge in [-0.3, -0.25) is 4.68 Å². The normalized spacial score (nSPS) is 10.8. The van der Waals surface area contributed by atoms with Crippen LogP contribution in [-0.2, 0) is 13.1 Å². The number of halogens is 2. The highest BCUT2D eigenvalue weighted by atomic mass is 79.9. The summed E-state index contributed by atoms with van der Waals surface area (Å²) in [6.07, 6.45) is 1.96. The molecule has 0 spiro atoms. The fourth-order valence-corrected chi connectivity index (χ4v) is 2.32. The van der Waals surface area contributed by atoms with Crippen LogP contribution in [0.4, 0.5) is 0 Å². The Balaban J connectivity index is 2.13. The molecule has 0 saturated carbocycles. The molecule has 0 amide bonds. The summed E-state index contributed by atoms with van der Waals surface area (Å²) in [5, 5.41) is 8.27. The molecule has 2 rings (SSSR count). The van der Waals surface area contributed by atoms with Gasteiger partial charge in [0.25, 0.3) is 0 Å². The van der Waals surface area contributed by atoms with Crippen molar-refractivity contribution in [2.45, 2.75) is 13.1 Å². The number of nitrogens with one attached hydrogen (secondary N) is 1. The largest absolute Gasteiger partial charge is 0.314 e. The molecule has 90 valence electrons. The van der Waals surface area contributed by atoms with Gasteiger partial charge in [-0.05, 0) is 30.8 Å². The summed E-state index contributed by atoms with van der Waals surface area (Å²) in [6.45, 7) is 1.47. The average molecular weight is 315 g/mol. The van der Waals surface area contributed by atoms with Gasteiger partial charge in [-0.25, -0.2) is 0 Å². The average Bonchev–Trinajstić information content (AvgIpc) is 2.71. The van der Waals surface area contributed by atoms with Crippen molar-refractivity contribution >= 4 is 27.5 Å². The van der Waals surface area contributed by atoms with E-state index in [-0.39, 0.29) is 0 Å². The van der Waals surface area contributed by atoms with Gasteiger partial charge in [-0.1, -0.05) is 33.6 Å². The maximum Gasteiger partial charge on any atom is 0.0762 e. The Kier molecular flexibility index (Phi) is 4.20. The fourth-order valence-electron chi connectivity index (χ4n) is 1.59. The summed E-state index contributed by atoms with van der Waals surface area (Å²) in [7, 11) is 1.91. The molecule has 0 aliphatic heterocycles. The van der Waals surface area contributed by atoms with Gasteiger partial charge < -0.3 is 5.32 Å². The van der Waals surface area contributed by atoms with Crippen molar-refractivity contribution in [1.29, 1.82) is 0 Å². The van der Waals surface area contributed by atoms with Crippen molar-refractivity contribution in [3.63, 3.8) is 0 Å². The molecule has 17 heavy (non-hydrogen) atoms. The lowest BCUT2D eigenvalue weighted by Crippen LogP contribution is -2.07. The maximum atomic E-state index is 6.16. The van der Waals surface area contributed by atoms with Crippen LogP contribution in [0.15, 0.2) is 34.9 Å². The van der Waals surface area contributed by atoms with E-state index in [1.807, 2.05) is 42.2 Å². The highest BCUT2D eigenvalue weighted by Gasteiger charge is 2.03. The minimum Gasteiger partial charge on any atom is -0.314 e. The van der Waals surface area contributed by atoms with Gasteiger partial charge >= 0.3 is 0 Å². The fraction of sp³-hybridized carbons (Fsp3) is 0.250. The first kappa shape index (κ1) is 12.6. The molecule has 0 unspecified atom stereocenters. The topological polar surface area (TPSA) is 29.9 Å². The summed E-state index contributed by atoms with van der Waals surface area (Å²) in [5.74, 6) is 0. The molecule has 0 aliphatic rings. The van der Waals surface area contributed by atoms with Gasteiger partial charge in [0.2, 0.25) is 0 Å². The van der Waals surface area contributed by atoms with Crippen molar-refractivity contribution in [2.75, 3.05) is 7.05 Å². The first-order valence-electron chi connectivity index (χ1n) is 5.30. The zero-order valence-corrected chi connectivity index (χ0v) is 11.8. The van der Waals surface area contributed by atoms with E-state index in [2.05, 4.69) is 26.3 Å². The Morgan fingerprint density at radius 3 is 2.94 bits per heavy atom. The number of aromatic nitrogens is 2. The van der Waals surface area contributed by atoms with E-state index in [1.165, 1.54) is 0 Å². The van der Waals surface area contributed by atoms with Crippen molar-refractivity contribution in [1.82, 2.24) is 15.1 Å². The molecule has 0 bridgehead atoms. The van der Waals surface area contributed by atoms with E-state index < -0.39 is 0 Å². The smallest absolute Gasteiger partial charge is 0.0762 e. The first-order valence-corrected chi connectivity index (χ1v) is 6.47. The minimum atomic E-state index is 0.690. The van der Waals surface area contributed by atoms with Crippen LogP contribution in [0.5, 0.6) is 0 Å². The lowest BCUT2D eigenvalue weighted by Gasteiger charge is -2.05. The number of hydrogen-bond donors (Lipinski definition) is 1. The van der Waals surface area contributed by atoms with Gasteiger partial charge in [-0.15, -0.1) is 0 Å². The zero-order valence-electron chi connectivity index (χ0n) is 9.45. The zero-order chi connectivity index (χ0) is 12.3. The van der Waals surface area contributed by atoms with E-state index in [4.69, 9.17) is 11.6 Å². The Morgan fingerprint density at radius 2 is 2.24 bits per heavy atom. The van der Waals surface area contributed by atoms with Crippen molar-refractivity contribution in [2.24, 2.45) is 0 Å². The number of nitrogens with zero attached hydrogens (tertiary/aromatic N) is 2. The summed E-state index contributed by atoms with van der Waals surface area (Å²) >= 11 is 9.56. The van der Waals surface area contributed by atoms with E-state index in [0.29, 0.717) is 6.54 Å². The third-order valence-electron chi connectivity index (χ3n) is 2.40. The van der Waals surface area contributed by atoms with E-state index >= 15 is 0 Å². The predicted octanol–water partition coefficient (Wildman–Crippen LogP) is 3.07. The molecular weight excluding hydrogens is 302 g/mol.